The highest BCUT2D eigenvalue weighted by molar-refractivity contribution is 5.70. The second kappa shape index (κ2) is 23.7. The van der Waals surface area contributed by atoms with Crippen LogP contribution in [0.15, 0.2) is 182 Å². The molecule has 0 unspecified atom stereocenters. The highest BCUT2D eigenvalue weighted by atomic mass is 14.9. The standard InChI is InChI=1S/C28H32N.C27H30N.C26H28N/c1-21-8-4-5-9-26(21)27-13-12-25(20-29(27)2)22-10-11-24-19-28(15-6-3-7-16-28)17-14-23(24)18-22;1-20-8-4-5-9-25(20)26-13-12-23(19-28(26)2)21-10-11-22-17-27(18-24(22)16-21)14-6-3-7-15-27;1-19-7-3-4-8-24(19)25-12-11-22(18-27(25)2)20-9-10-21-16-26(13-5-6-14-26)17-23(21)15-20/h4-5,8-13,18,20H,3,6-7,14-17,19H2,1-2H3;4-5,8-13,16,19H,3,6-7,14-15,17-18H2,1-2H3;3-4,7-12,15,18H,5-6,13-14,16-17H2,1-2H3/q3*+1/i19D2;17D2;16D2. The van der Waals surface area contributed by atoms with Crippen molar-refractivity contribution >= 4 is 0 Å². The summed E-state index contributed by atoms with van der Waals surface area (Å²) in [6, 6.07) is 57.9. The van der Waals surface area contributed by atoms with Crippen LogP contribution in [0.2, 0.25) is 0 Å². The molecule has 6 aromatic carbocycles. The summed E-state index contributed by atoms with van der Waals surface area (Å²) in [5.41, 5.74) is 24.2. The van der Waals surface area contributed by atoms with Gasteiger partial charge in [-0.05, 0) is 224 Å². The fourth-order valence-corrected chi connectivity index (χ4v) is 15.5. The van der Waals surface area contributed by atoms with Gasteiger partial charge >= 0.3 is 0 Å². The van der Waals surface area contributed by atoms with Gasteiger partial charge in [0.25, 0.3) is 0 Å². The summed E-state index contributed by atoms with van der Waals surface area (Å²) in [7, 11) is 6.31. The highest BCUT2D eigenvalue weighted by Crippen LogP contribution is 2.51. The average molecular weight is 1110 g/mol. The zero-order valence-electron chi connectivity index (χ0n) is 56.9. The molecule has 84 heavy (non-hydrogen) atoms. The molecule has 3 saturated carbocycles. The van der Waals surface area contributed by atoms with Gasteiger partial charge in [0, 0.05) is 59.8 Å². The number of hydrogen-bond acceptors (Lipinski definition) is 0. The molecule has 0 aliphatic heterocycles. The number of fused-ring (bicyclic) bond motifs is 3. The van der Waals surface area contributed by atoms with E-state index in [-0.39, 0.29) is 16.2 Å². The van der Waals surface area contributed by atoms with Crippen molar-refractivity contribution in [1.82, 2.24) is 0 Å². The molecule has 0 amide bonds. The Hall–Kier alpha value is -7.23. The number of benzene rings is 6. The van der Waals surface area contributed by atoms with Crippen LogP contribution in [-0.4, -0.2) is 0 Å². The third-order valence-electron chi connectivity index (χ3n) is 20.3. The first kappa shape index (κ1) is 49.1. The minimum absolute atomic E-state index is 0.151. The molecule has 3 aromatic heterocycles. The molecule has 0 N–H and O–H groups in total. The Morgan fingerprint density at radius 3 is 0.988 bits per heavy atom. The Morgan fingerprint density at radius 2 is 0.619 bits per heavy atom. The lowest BCUT2D eigenvalue weighted by atomic mass is 9.64. The molecule has 3 heteroatoms. The molecule has 15 rings (SSSR count). The Morgan fingerprint density at radius 1 is 0.310 bits per heavy atom. The van der Waals surface area contributed by atoms with E-state index < -0.39 is 19.1 Å². The second-order valence-corrected chi connectivity index (χ2v) is 26.2. The predicted molar refractivity (Wildman–Crippen MR) is 348 cm³/mol. The highest BCUT2D eigenvalue weighted by Gasteiger charge is 2.41. The molecule has 426 valence electrons. The number of pyridine rings is 3. The van der Waals surface area contributed by atoms with Crippen molar-refractivity contribution in [3.63, 3.8) is 0 Å². The first-order valence-corrected chi connectivity index (χ1v) is 31.8. The van der Waals surface area contributed by atoms with E-state index in [0.29, 0.717) is 0 Å². The van der Waals surface area contributed by atoms with Crippen molar-refractivity contribution in [2.75, 3.05) is 0 Å². The van der Waals surface area contributed by atoms with E-state index in [1.807, 2.05) is 6.07 Å². The van der Waals surface area contributed by atoms with Crippen LogP contribution in [0.5, 0.6) is 0 Å². The summed E-state index contributed by atoms with van der Waals surface area (Å²) < 4.78 is 60.2. The normalized spacial score (nSPS) is 20.5. The van der Waals surface area contributed by atoms with Gasteiger partial charge in [0.1, 0.15) is 21.1 Å². The summed E-state index contributed by atoms with van der Waals surface area (Å²) in [5, 5.41) is 0. The van der Waals surface area contributed by atoms with Crippen molar-refractivity contribution in [3.8, 4) is 67.2 Å². The quantitative estimate of drug-likeness (QED) is 0.147. The number of nitrogens with zero attached hydrogens (tertiary/aromatic N) is 3. The van der Waals surface area contributed by atoms with Crippen LogP contribution in [0.4, 0.5) is 0 Å². The van der Waals surface area contributed by atoms with Crippen LogP contribution in [-0.2, 0) is 59.5 Å². The molecule has 0 radical (unpaired) electrons. The van der Waals surface area contributed by atoms with E-state index in [1.54, 1.807) is 0 Å². The van der Waals surface area contributed by atoms with Gasteiger partial charge in [-0.25, -0.2) is 13.7 Å². The smallest absolute Gasteiger partial charge is 0.200 e. The summed E-state index contributed by atoms with van der Waals surface area (Å²) in [5.74, 6) is 0. The molecule has 3 nitrogen and oxygen atoms in total. The maximum absolute atomic E-state index is 9.07. The molecule has 6 aliphatic rings. The summed E-state index contributed by atoms with van der Waals surface area (Å²) in [4.78, 5) is 0. The zero-order chi connectivity index (χ0) is 62.8. The zero-order valence-corrected chi connectivity index (χ0v) is 50.9. The Kier molecular flexibility index (Phi) is 13.8. The van der Waals surface area contributed by atoms with Gasteiger partial charge in [0.05, 0.1) is 0 Å². The van der Waals surface area contributed by atoms with Crippen LogP contribution < -0.4 is 13.7 Å². The van der Waals surface area contributed by atoms with Crippen molar-refractivity contribution < 1.29 is 21.9 Å². The first-order chi connectivity index (χ1) is 43.2. The number of aryl methyl sites for hydroxylation is 7. The SMILES string of the molecule is [2H]C1([2H])c2ccc(-c3ccc(-c4ccccc4C)[n+](C)c3)cc2CC12CCCC2.[2H]C1([2H])c2ccc(-c3ccc(-c4ccccc4C)[n+](C)c3)cc2CC12CCCCC2.[2H]C1([2H])c2ccc(-c3ccc(-c4ccccc4C)[n+](C)c3)cc2CCC12CCCCC2. The topological polar surface area (TPSA) is 11.6 Å². The fourth-order valence-electron chi connectivity index (χ4n) is 15.5. The summed E-state index contributed by atoms with van der Waals surface area (Å²) >= 11 is 0. The number of rotatable bonds is 6. The van der Waals surface area contributed by atoms with E-state index in [1.165, 1.54) is 126 Å². The molecule has 3 spiro atoms. The molecule has 0 atom stereocenters. The predicted octanol–water partition coefficient (Wildman–Crippen LogP) is 18.6. The summed E-state index contributed by atoms with van der Waals surface area (Å²) in [6.07, 6.45) is 22.4. The largest absolute Gasteiger partial charge is 0.212 e. The van der Waals surface area contributed by atoms with Crippen molar-refractivity contribution in [2.24, 2.45) is 37.4 Å². The lowest BCUT2D eigenvalue weighted by molar-refractivity contribution is -0.660. The van der Waals surface area contributed by atoms with Gasteiger partial charge < -0.3 is 0 Å². The molecule has 3 fully saturated rings. The van der Waals surface area contributed by atoms with Crippen molar-refractivity contribution in [2.45, 2.75) is 155 Å². The van der Waals surface area contributed by atoms with Gasteiger partial charge in [-0.2, -0.15) is 0 Å². The van der Waals surface area contributed by atoms with Crippen LogP contribution in [0.1, 0.15) is 155 Å². The monoisotopic (exact) mass is 1110 g/mol. The van der Waals surface area contributed by atoms with Crippen LogP contribution in [0.3, 0.4) is 0 Å². The number of aromatic nitrogens is 3. The fraction of sp³-hybridized carbons (Fsp3) is 0.370. The van der Waals surface area contributed by atoms with E-state index in [4.69, 9.17) is 8.22 Å². The Bertz CT molecular complexity index is 4180. The number of hydrogen-bond donors (Lipinski definition) is 0. The van der Waals surface area contributed by atoms with Gasteiger partial charge in [0.15, 0.2) is 18.6 Å². The lowest BCUT2D eigenvalue weighted by Crippen LogP contribution is -2.31. The van der Waals surface area contributed by atoms with Gasteiger partial charge in [0.2, 0.25) is 17.1 Å². The Labute approximate surface area is 512 Å². The summed E-state index contributed by atoms with van der Waals surface area (Å²) in [6.45, 7) is 6.45. The van der Waals surface area contributed by atoms with Crippen molar-refractivity contribution in [1.29, 1.82) is 0 Å². The van der Waals surface area contributed by atoms with Crippen molar-refractivity contribution in [3.05, 3.63) is 232 Å². The molecular formula is C81H90N3+3. The molecule has 6 aliphatic carbocycles. The minimum Gasteiger partial charge on any atom is -0.200 e. The van der Waals surface area contributed by atoms with E-state index in [2.05, 4.69) is 232 Å². The molecule has 3 heterocycles. The third-order valence-corrected chi connectivity index (χ3v) is 20.3. The van der Waals surface area contributed by atoms with Gasteiger partial charge in [-0.1, -0.05) is 161 Å². The molecule has 0 bridgehead atoms. The first-order valence-electron chi connectivity index (χ1n) is 34.8. The maximum atomic E-state index is 9.07. The third kappa shape index (κ3) is 11.5. The van der Waals surface area contributed by atoms with E-state index >= 15 is 0 Å². The lowest BCUT2D eigenvalue weighted by Gasteiger charge is -2.41. The molecular weight excluding hydrogens is 1010 g/mol. The Balaban J connectivity index is 0.000000124. The van der Waals surface area contributed by atoms with Gasteiger partial charge in [-0.3, -0.25) is 0 Å². The van der Waals surface area contributed by atoms with Crippen LogP contribution >= 0.6 is 0 Å². The van der Waals surface area contributed by atoms with E-state index in [0.717, 1.165) is 107 Å². The van der Waals surface area contributed by atoms with Crippen LogP contribution in [0.25, 0.3) is 67.2 Å². The van der Waals surface area contributed by atoms with E-state index in [9.17, 15) is 0 Å². The van der Waals surface area contributed by atoms with Crippen LogP contribution in [0, 0.1) is 37.0 Å². The second-order valence-electron chi connectivity index (χ2n) is 26.2. The minimum atomic E-state index is -1.22. The maximum Gasteiger partial charge on any atom is 0.212 e. The average Bonchev–Trinajstić information content (AvgIpc) is 1.36. The molecule has 9 aromatic rings. The van der Waals surface area contributed by atoms with Gasteiger partial charge in [-0.15, -0.1) is 0 Å². The molecule has 0 saturated heterocycles.